The van der Waals surface area contributed by atoms with Crippen molar-refractivity contribution < 1.29 is 9.32 Å². The first-order chi connectivity index (χ1) is 12.3. The summed E-state index contributed by atoms with van der Waals surface area (Å²) in [6, 6.07) is 8.36. The molecule has 0 atom stereocenters. The average Bonchev–Trinajstić information content (AvgIpc) is 3.11. The van der Waals surface area contributed by atoms with E-state index in [-0.39, 0.29) is 5.91 Å². The highest BCUT2D eigenvalue weighted by Gasteiger charge is 2.24. The summed E-state index contributed by atoms with van der Waals surface area (Å²) in [7, 11) is 0. The van der Waals surface area contributed by atoms with Gasteiger partial charge in [-0.15, -0.1) is 0 Å². The van der Waals surface area contributed by atoms with Gasteiger partial charge in [0.15, 0.2) is 5.69 Å². The van der Waals surface area contributed by atoms with Crippen molar-refractivity contribution in [2.24, 2.45) is 0 Å². The van der Waals surface area contributed by atoms with Crippen molar-refractivity contribution in [3.63, 3.8) is 0 Å². The number of benzene rings is 1. The number of aromatic nitrogens is 1. The van der Waals surface area contributed by atoms with E-state index in [1.54, 1.807) is 0 Å². The number of aryl methyl sites for hydroxylation is 1. The van der Waals surface area contributed by atoms with Crippen LogP contribution in [-0.4, -0.2) is 24.2 Å². The number of anilines is 1. The molecule has 1 N–H and O–H groups in total. The fourth-order valence-electron chi connectivity index (χ4n) is 3.93. The van der Waals surface area contributed by atoms with Gasteiger partial charge in [-0.2, -0.15) is 0 Å². The lowest BCUT2D eigenvalue weighted by molar-refractivity contribution is 0.0941. The molecule has 1 saturated heterocycles. The van der Waals surface area contributed by atoms with Gasteiger partial charge < -0.3 is 14.7 Å². The van der Waals surface area contributed by atoms with E-state index < -0.39 is 0 Å². The second kappa shape index (κ2) is 7.30. The van der Waals surface area contributed by atoms with Crippen LogP contribution in [0, 0.1) is 0 Å². The predicted octanol–water partition coefficient (Wildman–Crippen LogP) is 3.47. The third-order valence-electron chi connectivity index (χ3n) is 5.29. The normalized spacial score (nSPS) is 17.2. The minimum atomic E-state index is -0.125. The third kappa shape index (κ3) is 3.41. The smallest absolute Gasteiger partial charge is 0.274 e. The number of piperidine rings is 1. The molecule has 1 aliphatic carbocycles. The Morgan fingerprint density at radius 3 is 2.76 bits per heavy atom. The first kappa shape index (κ1) is 16.2. The molecule has 4 rings (SSSR count). The maximum atomic E-state index is 12.6. The number of nitrogens with one attached hydrogen (secondary N) is 1. The van der Waals surface area contributed by atoms with E-state index >= 15 is 0 Å². The van der Waals surface area contributed by atoms with Crippen molar-refractivity contribution >= 4 is 11.6 Å². The highest BCUT2D eigenvalue weighted by atomic mass is 16.5. The Kier molecular flexibility index (Phi) is 4.72. The number of amides is 1. The maximum Gasteiger partial charge on any atom is 0.274 e. The summed E-state index contributed by atoms with van der Waals surface area (Å²) in [5.41, 5.74) is 3.89. The number of hydrogen-bond acceptors (Lipinski definition) is 4. The van der Waals surface area contributed by atoms with Gasteiger partial charge in [0.1, 0.15) is 5.76 Å². The van der Waals surface area contributed by atoms with Crippen molar-refractivity contribution in [2.45, 2.75) is 51.5 Å². The number of carbonyl (C=O) groups excluding carboxylic acids is 1. The molecule has 2 heterocycles. The zero-order valence-electron chi connectivity index (χ0n) is 14.6. The molecule has 0 radical (unpaired) electrons. The van der Waals surface area contributed by atoms with Crippen molar-refractivity contribution in [2.75, 3.05) is 18.0 Å². The van der Waals surface area contributed by atoms with Crippen molar-refractivity contribution in [1.82, 2.24) is 10.5 Å². The topological polar surface area (TPSA) is 58.4 Å². The van der Waals surface area contributed by atoms with Gasteiger partial charge in [-0.1, -0.05) is 23.4 Å². The molecular formula is C20H25N3O2. The van der Waals surface area contributed by atoms with Crippen LogP contribution in [-0.2, 0) is 19.4 Å². The Labute approximate surface area is 148 Å². The van der Waals surface area contributed by atoms with Crippen LogP contribution in [0.25, 0.3) is 0 Å². The molecule has 2 aromatic rings. The van der Waals surface area contributed by atoms with Crippen LogP contribution < -0.4 is 10.2 Å². The molecule has 1 amide bonds. The van der Waals surface area contributed by atoms with Crippen molar-refractivity contribution in [1.29, 1.82) is 0 Å². The van der Waals surface area contributed by atoms with E-state index in [0.29, 0.717) is 12.2 Å². The van der Waals surface area contributed by atoms with E-state index in [2.05, 4.69) is 33.6 Å². The molecule has 1 aliphatic heterocycles. The van der Waals surface area contributed by atoms with E-state index in [0.717, 1.165) is 55.7 Å². The lowest BCUT2D eigenvalue weighted by Crippen LogP contribution is -2.31. The number of hydrogen-bond donors (Lipinski definition) is 1. The van der Waals surface area contributed by atoms with Gasteiger partial charge in [-0.3, -0.25) is 4.79 Å². The molecule has 0 spiro atoms. The van der Waals surface area contributed by atoms with Crippen LogP contribution in [0.5, 0.6) is 0 Å². The molecule has 0 unspecified atom stereocenters. The molecule has 5 heteroatoms. The molecule has 2 aliphatic rings. The molecule has 132 valence electrons. The van der Waals surface area contributed by atoms with Gasteiger partial charge in [0.2, 0.25) is 0 Å². The molecule has 25 heavy (non-hydrogen) atoms. The monoisotopic (exact) mass is 339 g/mol. The van der Waals surface area contributed by atoms with Crippen molar-refractivity contribution in [3.05, 3.63) is 46.8 Å². The molecule has 1 aromatic heterocycles. The number of fused-ring (bicyclic) bond motifs is 1. The van der Waals surface area contributed by atoms with E-state index in [9.17, 15) is 4.79 Å². The Bertz CT molecular complexity index is 747. The highest BCUT2D eigenvalue weighted by Crippen LogP contribution is 2.26. The second-order valence-electron chi connectivity index (χ2n) is 7.00. The molecule has 1 fully saturated rings. The predicted molar refractivity (Wildman–Crippen MR) is 96.8 cm³/mol. The lowest BCUT2D eigenvalue weighted by atomic mass is 9.96. The summed E-state index contributed by atoms with van der Waals surface area (Å²) >= 11 is 0. The summed E-state index contributed by atoms with van der Waals surface area (Å²) in [4.78, 5) is 15.0. The molecular weight excluding hydrogens is 314 g/mol. The number of para-hydroxylation sites is 1. The first-order valence-electron chi connectivity index (χ1n) is 9.41. The van der Waals surface area contributed by atoms with Crippen LogP contribution >= 0.6 is 0 Å². The largest absolute Gasteiger partial charge is 0.371 e. The highest BCUT2D eigenvalue weighted by molar-refractivity contribution is 5.93. The van der Waals surface area contributed by atoms with E-state index in [1.165, 1.54) is 24.9 Å². The van der Waals surface area contributed by atoms with Gasteiger partial charge in [0, 0.05) is 37.3 Å². The van der Waals surface area contributed by atoms with Crippen molar-refractivity contribution in [3.8, 4) is 0 Å². The van der Waals surface area contributed by atoms with Gasteiger partial charge >= 0.3 is 0 Å². The third-order valence-corrected chi connectivity index (χ3v) is 5.29. The lowest BCUT2D eigenvalue weighted by Gasteiger charge is -2.30. The summed E-state index contributed by atoms with van der Waals surface area (Å²) < 4.78 is 5.36. The Morgan fingerprint density at radius 2 is 1.88 bits per heavy atom. The van der Waals surface area contributed by atoms with Crippen LogP contribution in [0.15, 0.2) is 28.8 Å². The van der Waals surface area contributed by atoms with Crippen LogP contribution in [0.4, 0.5) is 5.69 Å². The quantitative estimate of drug-likeness (QED) is 0.926. The minimum absolute atomic E-state index is 0.125. The van der Waals surface area contributed by atoms with Crippen LogP contribution in [0.3, 0.4) is 0 Å². The summed E-state index contributed by atoms with van der Waals surface area (Å²) in [6.45, 7) is 2.72. The van der Waals surface area contributed by atoms with Gasteiger partial charge in [0.25, 0.3) is 5.91 Å². The number of rotatable bonds is 4. The first-order valence-corrected chi connectivity index (χ1v) is 9.41. The molecule has 1 aromatic carbocycles. The Balaban J connectivity index is 1.46. The minimum Gasteiger partial charge on any atom is -0.371 e. The van der Waals surface area contributed by atoms with E-state index in [4.69, 9.17) is 4.52 Å². The van der Waals surface area contributed by atoms with Gasteiger partial charge in [-0.25, -0.2) is 0 Å². The average molecular weight is 339 g/mol. The van der Waals surface area contributed by atoms with E-state index in [1.807, 2.05) is 6.07 Å². The summed E-state index contributed by atoms with van der Waals surface area (Å²) in [5, 5.41) is 7.07. The van der Waals surface area contributed by atoms with Gasteiger partial charge in [0.05, 0.1) is 0 Å². The SMILES string of the molecule is O=C(NCc1ccccc1N1CCCCC1)c1noc2c1CCCC2. The van der Waals surface area contributed by atoms with Gasteiger partial charge in [-0.05, 0) is 50.2 Å². The molecule has 0 bridgehead atoms. The summed E-state index contributed by atoms with van der Waals surface area (Å²) in [6.07, 6.45) is 7.81. The van der Waals surface area contributed by atoms with Crippen LogP contribution in [0.2, 0.25) is 0 Å². The Hall–Kier alpha value is -2.30. The zero-order chi connectivity index (χ0) is 17.1. The fraction of sp³-hybridized carbons (Fsp3) is 0.500. The fourth-order valence-corrected chi connectivity index (χ4v) is 3.93. The zero-order valence-corrected chi connectivity index (χ0v) is 14.6. The number of nitrogens with zero attached hydrogens (tertiary/aromatic N) is 2. The maximum absolute atomic E-state index is 12.6. The number of carbonyl (C=O) groups is 1. The second-order valence-corrected chi connectivity index (χ2v) is 7.00. The molecule has 0 saturated carbocycles. The Morgan fingerprint density at radius 1 is 1.08 bits per heavy atom. The standard InChI is InChI=1S/C20H25N3O2/c24-20(19-16-9-3-5-11-18(16)25-22-19)21-14-15-8-2-4-10-17(15)23-12-6-1-7-13-23/h2,4,8,10H,1,3,5-7,9,11-14H2,(H,21,24). The summed E-state index contributed by atoms with van der Waals surface area (Å²) in [5.74, 6) is 0.769. The molecule has 5 nitrogen and oxygen atoms in total. The van der Waals surface area contributed by atoms with Crippen LogP contribution in [0.1, 0.15) is 59.5 Å².